The van der Waals surface area contributed by atoms with Gasteiger partial charge in [0.15, 0.2) is 0 Å². The number of nitrogens with two attached hydrogens (primary N) is 1. The number of hydrogen-bond donors (Lipinski definition) is 1. The van der Waals surface area contributed by atoms with Crippen molar-refractivity contribution < 1.29 is 0 Å². The van der Waals surface area contributed by atoms with Gasteiger partial charge in [0.05, 0.1) is 0 Å². The van der Waals surface area contributed by atoms with Gasteiger partial charge in [0.25, 0.3) is 0 Å². The first-order chi connectivity index (χ1) is 9.50. The second-order valence-electron chi connectivity index (χ2n) is 8.43. The van der Waals surface area contributed by atoms with Crippen molar-refractivity contribution in [2.45, 2.75) is 60.3 Å². The van der Waals surface area contributed by atoms with E-state index < -0.39 is 0 Å². The topological polar surface area (TPSA) is 55.0 Å². The van der Waals surface area contributed by atoms with Gasteiger partial charge in [-0.3, -0.25) is 0 Å². The molecular formula is C17H30N4. The van der Waals surface area contributed by atoms with Crippen molar-refractivity contribution in [2.24, 2.45) is 11.3 Å². The second-order valence-corrected chi connectivity index (χ2v) is 8.43. The second kappa shape index (κ2) is 5.15. The summed E-state index contributed by atoms with van der Waals surface area (Å²) in [4.78, 5) is 11.7. The van der Waals surface area contributed by atoms with Crippen molar-refractivity contribution in [3.63, 3.8) is 0 Å². The number of nitrogens with zero attached hydrogens (tertiary/aromatic N) is 3. The molecule has 1 saturated heterocycles. The van der Waals surface area contributed by atoms with Crippen LogP contribution in [0.25, 0.3) is 0 Å². The summed E-state index contributed by atoms with van der Waals surface area (Å²) < 4.78 is 0. The average molecular weight is 290 g/mol. The first-order valence-electron chi connectivity index (χ1n) is 7.89. The summed E-state index contributed by atoms with van der Waals surface area (Å²) in [6.07, 6.45) is 1.22. The molecule has 2 heterocycles. The lowest BCUT2D eigenvalue weighted by atomic mass is 9.80. The molecule has 0 radical (unpaired) electrons. The molecule has 2 rings (SSSR count). The Bertz CT molecular complexity index is 523. The lowest BCUT2D eigenvalue weighted by Crippen LogP contribution is -2.28. The molecule has 1 atom stereocenters. The molecule has 1 aliphatic rings. The largest absolute Gasteiger partial charge is 0.383 e. The van der Waals surface area contributed by atoms with Crippen LogP contribution >= 0.6 is 0 Å². The van der Waals surface area contributed by atoms with Crippen LogP contribution in [-0.2, 0) is 5.41 Å². The number of nitrogen functional groups attached to an aromatic ring is 1. The summed E-state index contributed by atoms with van der Waals surface area (Å²) >= 11 is 0. The third-order valence-electron chi connectivity index (χ3n) is 4.54. The van der Waals surface area contributed by atoms with Gasteiger partial charge in [-0.2, -0.15) is 0 Å². The highest BCUT2D eigenvalue weighted by Crippen LogP contribution is 2.37. The molecule has 2 N–H and O–H groups in total. The minimum atomic E-state index is -0.0836. The normalized spacial score (nSPS) is 20.1. The standard InChI is InChI=1S/C17H30N4/c1-11-13(18)19-15(17(5,6)7)20-14(11)21-9-8-12(10-21)16(2,3)4/h12H,8-10H2,1-7H3,(H2,18,19,20). The fraction of sp³-hybridized carbons (Fsp3) is 0.765. The van der Waals surface area contributed by atoms with Gasteiger partial charge in [-0.05, 0) is 24.7 Å². The first kappa shape index (κ1) is 16.1. The van der Waals surface area contributed by atoms with Crippen LogP contribution in [-0.4, -0.2) is 23.1 Å². The Kier molecular flexibility index (Phi) is 3.94. The van der Waals surface area contributed by atoms with Crippen molar-refractivity contribution in [1.82, 2.24) is 9.97 Å². The van der Waals surface area contributed by atoms with Gasteiger partial charge < -0.3 is 10.6 Å². The van der Waals surface area contributed by atoms with E-state index in [0.717, 1.165) is 30.3 Å². The van der Waals surface area contributed by atoms with E-state index in [-0.39, 0.29) is 5.41 Å². The maximum Gasteiger partial charge on any atom is 0.138 e. The summed E-state index contributed by atoms with van der Waals surface area (Å²) in [6, 6.07) is 0. The van der Waals surface area contributed by atoms with Gasteiger partial charge in [0, 0.05) is 24.1 Å². The van der Waals surface area contributed by atoms with Gasteiger partial charge in [0.2, 0.25) is 0 Å². The minimum absolute atomic E-state index is 0.0836. The van der Waals surface area contributed by atoms with Gasteiger partial charge in [0.1, 0.15) is 17.5 Å². The van der Waals surface area contributed by atoms with Crippen LogP contribution in [0.4, 0.5) is 11.6 Å². The molecule has 1 aromatic heterocycles. The number of aromatic nitrogens is 2. The Morgan fingerprint density at radius 3 is 2.19 bits per heavy atom. The summed E-state index contributed by atoms with van der Waals surface area (Å²) in [6.45, 7) is 17.5. The highest BCUT2D eigenvalue weighted by atomic mass is 15.2. The van der Waals surface area contributed by atoms with Crippen molar-refractivity contribution in [1.29, 1.82) is 0 Å². The van der Waals surface area contributed by atoms with Crippen LogP contribution in [0.2, 0.25) is 0 Å². The average Bonchev–Trinajstić information content (AvgIpc) is 2.80. The Labute approximate surface area is 129 Å². The summed E-state index contributed by atoms with van der Waals surface area (Å²) in [7, 11) is 0. The molecule has 21 heavy (non-hydrogen) atoms. The highest BCUT2D eigenvalue weighted by Gasteiger charge is 2.33. The quantitative estimate of drug-likeness (QED) is 0.859. The van der Waals surface area contributed by atoms with Crippen molar-refractivity contribution in [3.8, 4) is 0 Å². The molecule has 0 aliphatic carbocycles. The molecule has 0 saturated carbocycles. The molecule has 1 aliphatic heterocycles. The molecule has 4 nitrogen and oxygen atoms in total. The van der Waals surface area contributed by atoms with Crippen LogP contribution < -0.4 is 10.6 Å². The zero-order chi connectivity index (χ0) is 16.0. The molecule has 1 unspecified atom stereocenters. The number of anilines is 2. The third kappa shape index (κ3) is 3.30. The number of rotatable bonds is 1. The summed E-state index contributed by atoms with van der Waals surface area (Å²) in [5.74, 6) is 3.18. The third-order valence-corrected chi connectivity index (χ3v) is 4.54. The zero-order valence-electron chi connectivity index (χ0n) is 14.6. The van der Waals surface area contributed by atoms with E-state index in [4.69, 9.17) is 10.7 Å². The summed E-state index contributed by atoms with van der Waals surface area (Å²) in [5.41, 5.74) is 7.40. The van der Waals surface area contributed by atoms with Crippen LogP contribution in [0.1, 0.15) is 59.4 Å². The number of hydrogen-bond acceptors (Lipinski definition) is 4. The Balaban J connectivity index is 2.35. The molecule has 118 valence electrons. The Hall–Kier alpha value is -1.32. The molecule has 0 amide bonds. The predicted octanol–water partition coefficient (Wildman–Crippen LogP) is 3.54. The van der Waals surface area contributed by atoms with E-state index in [0.29, 0.717) is 17.2 Å². The highest BCUT2D eigenvalue weighted by molar-refractivity contribution is 5.57. The van der Waals surface area contributed by atoms with E-state index in [1.54, 1.807) is 0 Å². The van der Waals surface area contributed by atoms with E-state index in [1.807, 2.05) is 6.92 Å². The minimum Gasteiger partial charge on any atom is -0.383 e. The van der Waals surface area contributed by atoms with E-state index >= 15 is 0 Å². The summed E-state index contributed by atoms with van der Waals surface area (Å²) in [5, 5.41) is 0. The van der Waals surface area contributed by atoms with Crippen LogP contribution in [0, 0.1) is 18.3 Å². The van der Waals surface area contributed by atoms with Crippen molar-refractivity contribution >= 4 is 11.6 Å². The fourth-order valence-electron chi connectivity index (χ4n) is 2.82. The molecule has 4 heteroatoms. The molecule has 1 aromatic rings. The lowest BCUT2D eigenvalue weighted by Gasteiger charge is -2.28. The first-order valence-corrected chi connectivity index (χ1v) is 7.89. The van der Waals surface area contributed by atoms with Crippen molar-refractivity contribution in [2.75, 3.05) is 23.7 Å². The van der Waals surface area contributed by atoms with Crippen LogP contribution in [0.3, 0.4) is 0 Å². The maximum absolute atomic E-state index is 6.13. The van der Waals surface area contributed by atoms with Crippen LogP contribution in [0.5, 0.6) is 0 Å². The molecule has 0 bridgehead atoms. The maximum atomic E-state index is 6.13. The fourth-order valence-corrected chi connectivity index (χ4v) is 2.82. The van der Waals surface area contributed by atoms with Crippen LogP contribution in [0.15, 0.2) is 0 Å². The van der Waals surface area contributed by atoms with E-state index in [1.165, 1.54) is 6.42 Å². The monoisotopic (exact) mass is 290 g/mol. The van der Waals surface area contributed by atoms with E-state index in [2.05, 4.69) is 51.4 Å². The SMILES string of the molecule is Cc1c(N)nc(C(C)(C)C)nc1N1CCC(C(C)(C)C)C1. The van der Waals surface area contributed by atoms with Gasteiger partial charge in [-0.25, -0.2) is 9.97 Å². The molecule has 1 fully saturated rings. The van der Waals surface area contributed by atoms with Gasteiger partial charge >= 0.3 is 0 Å². The smallest absolute Gasteiger partial charge is 0.138 e. The molecular weight excluding hydrogens is 260 g/mol. The molecule has 0 aromatic carbocycles. The Morgan fingerprint density at radius 1 is 1.10 bits per heavy atom. The lowest BCUT2D eigenvalue weighted by molar-refractivity contribution is 0.263. The van der Waals surface area contributed by atoms with Crippen molar-refractivity contribution in [3.05, 3.63) is 11.4 Å². The predicted molar refractivity (Wildman–Crippen MR) is 89.7 cm³/mol. The van der Waals surface area contributed by atoms with Gasteiger partial charge in [-0.15, -0.1) is 0 Å². The zero-order valence-corrected chi connectivity index (χ0v) is 14.6. The van der Waals surface area contributed by atoms with Gasteiger partial charge in [-0.1, -0.05) is 41.5 Å². The molecule has 0 spiro atoms. The Morgan fingerprint density at radius 2 is 1.71 bits per heavy atom. The van der Waals surface area contributed by atoms with E-state index in [9.17, 15) is 0 Å².